The molecule has 2 aromatic carbocycles. The molecule has 1 heterocycles. The van der Waals surface area contributed by atoms with Gasteiger partial charge >= 0.3 is 0 Å². The maximum absolute atomic E-state index is 5.92. The Balaban J connectivity index is 1.72. The highest BCUT2D eigenvalue weighted by atomic mass is 35.5. The number of nitrogens with one attached hydrogen (secondary N) is 1. The summed E-state index contributed by atoms with van der Waals surface area (Å²) in [6.45, 7) is 4.82. The second-order valence-electron chi connectivity index (χ2n) is 5.75. The number of hydrogen-bond donors (Lipinski definition) is 1. The Bertz CT molecular complexity index is 762. The minimum absolute atomic E-state index is 0.765. The van der Waals surface area contributed by atoms with Gasteiger partial charge in [-0.2, -0.15) is 0 Å². The summed E-state index contributed by atoms with van der Waals surface area (Å²) in [5.74, 6) is 1.11. The molecule has 0 saturated heterocycles. The predicted molar refractivity (Wildman–Crippen MR) is 96.6 cm³/mol. The van der Waals surface area contributed by atoms with E-state index in [-0.39, 0.29) is 0 Å². The zero-order valence-corrected chi connectivity index (χ0v) is 14.2. The minimum Gasteiger partial charge on any atom is -0.327 e. The summed E-state index contributed by atoms with van der Waals surface area (Å²) < 4.78 is 2.34. The molecule has 23 heavy (non-hydrogen) atoms. The monoisotopic (exact) mass is 327 g/mol. The minimum atomic E-state index is 0.765. The van der Waals surface area contributed by atoms with Gasteiger partial charge in [-0.3, -0.25) is 0 Å². The van der Waals surface area contributed by atoms with Crippen LogP contribution >= 0.6 is 11.6 Å². The van der Waals surface area contributed by atoms with Gasteiger partial charge in [0.2, 0.25) is 0 Å². The number of halogens is 1. The van der Waals surface area contributed by atoms with Gasteiger partial charge in [0.15, 0.2) is 0 Å². The number of nitrogens with zero attached hydrogens (tertiary/aromatic N) is 2. The standard InChI is InChI=1S/C19H22ClN3/c1-2-3-12-23-18-7-5-4-6-17(18)22-19(23)14-21-13-15-8-10-16(20)11-9-15/h4-11,21H,2-3,12-14H2,1H3. The molecule has 4 heteroatoms. The lowest BCUT2D eigenvalue weighted by Gasteiger charge is -2.09. The van der Waals surface area contributed by atoms with Crippen molar-refractivity contribution in [3.8, 4) is 0 Å². The van der Waals surface area contributed by atoms with Crippen LogP contribution in [0, 0.1) is 0 Å². The van der Waals surface area contributed by atoms with Gasteiger partial charge in [-0.25, -0.2) is 4.98 Å². The molecule has 3 nitrogen and oxygen atoms in total. The molecule has 0 atom stereocenters. The van der Waals surface area contributed by atoms with E-state index < -0.39 is 0 Å². The van der Waals surface area contributed by atoms with Crippen LogP contribution in [0.5, 0.6) is 0 Å². The third-order valence-electron chi connectivity index (χ3n) is 3.99. The Morgan fingerprint density at radius 3 is 2.61 bits per heavy atom. The van der Waals surface area contributed by atoms with Crippen molar-refractivity contribution in [2.45, 2.75) is 39.4 Å². The van der Waals surface area contributed by atoms with Crippen LogP contribution in [0.4, 0.5) is 0 Å². The molecule has 0 saturated carbocycles. The number of aromatic nitrogens is 2. The molecule has 0 fully saturated rings. The smallest absolute Gasteiger partial charge is 0.123 e. The maximum Gasteiger partial charge on any atom is 0.123 e. The van der Waals surface area contributed by atoms with E-state index in [1.165, 1.54) is 23.9 Å². The quantitative estimate of drug-likeness (QED) is 0.676. The van der Waals surface area contributed by atoms with Gasteiger partial charge in [0, 0.05) is 18.1 Å². The summed E-state index contributed by atoms with van der Waals surface area (Å²) in [7, 11) is 0. The Morgan fingerprint density at radius 1 is 1.04 bits per heavy atom. The molecule has 3 rings (SSSR count). The highest BCUT2D eigenvalue weighted by Gasteiger charge is 2.09. The molecule has 3 aromatic rings. The summed E-state index contributed by atoms with van der Waals surface area (Å²) >= 11 is 5.92. The number of aryl methyl sites for hydroxylation is 1. The van der Waals surface area contributed by atoms with Gasteiger partial charge in [0.1, 0.15) is 5.82 Å². The van der Waals surface area contributed by atoms with Crippen LogP contribution in [0.2, 0.25) is 5.02 Å². The fourth-order valence-corrected chi connectivity index (χ4v) is 2.87. The van der Waals surface area contributed by atoms with E-state index in [1.54, 1.807) is 0 Å². The number of benzene rings is 2. The van der Waals surface area contributed by atoms with Gasteiger partial charge in [0.05, 0.1) is 17.6 Å². The molecule has 0 spiro atoms. The van der Waals surface area contributed by atoms with E-state index in [4.69, 9.17) is 16.6 Å². The second-order valence-corrected chi connectivity index (χ2v) is 6.19. The van der Waals surface area contributed by atoms with Crippen LogP contribution in [0.3, 0.4) is 0 Å². The number of fused-ring (bicyclic) bond motifs is 1. The molecule has 120 valence electrons. The summed E-state index contributed by atoms with van der Waals surface area (Å²) in [5, 5.41) is 4.26. The number of hydrogen-bond acceptors (Lipinski definition) is 2. The van der Waals surface area contributed by atoms with Gasteiger partial charge in [0.25, 0.3) is 0 Å². The number of rotatable bonds is 7. The van der Waals surface area contributed by atoms with Crippen molar-refractivity contribution in [2.24, 2.45) is 0 Å². The fraction of sp³-hybridized carbons (Fsp3) is 0.316. The van der Waals surface area contributed by atoms with Gasteiger partial charge in [-0.1, -0.05) is 49.2 Å². The second kappa shape index (κ2) is 7.62. The molecule has 0 aliphatic heterocycles. The van der Waals surface area contributed by atoms with E-state index in [1.807, 2.05) is 18.2 Å². The van der Waals surface area contributed by atoms with Crippen LogP contribution in [0.15, 0.2) is 48.5 Å². The van der Waals surface area contributed by atoms with E-state index in [2.05, 4.69) is 47.1 Å². The Hall–Kier alpha value is -1.84. The summed E-state index contributed by atoms with van der Waals surface area (Å²) in [4.78, 5) is 4.79. The molecule has 0 bridgehead atoms. The lowest BCUT2D eigenvalue weighted by atomic mass is 10.2. The van der Waals surface area contributed by atoms with E-state index in [0.717, 1.165) is 36.0 Å². The molecular formula is C19H22ClN3. The van der Waals surface area contributed by atoms with Crippen molar-refractivity contribution in [1.82, 2.24) is 14.9 Å². The summed E-state index contributed by atoms with van der Waals surface area (Å²) in [6.07, 6.45) is 2.36. The Labute approximate surface area is 142 Å². The number of imidazole rings is 1. The zero-order chi connectivity index (χ0) is 16.1. The van der Waals surface area contributed by atoms with Crippen LogP contribution in [0.25, 0.3) is 11.0 Å². The molecule has 0 unspecified atom stereocenters. The van der Waals surface area contributed by atoms with Crippen LogP contribution in [-0.2, 0) is 19.6 Å². The molecule has 1 aromatic heterocycles. The normalized spacial score (nSPS) is 11.2. The van der Waals surface area contributed by atoms with E-state index >= 15 is 0 Å². The van der Waals surface area contributed by atoms with E-state index in [9.17, 15) is 0 Å². The highest BCUT2D eigenvalue weighted by molar-refractivity contribution is 6.30. The molecule has 0 aliphatic carbocycles. The van der Waals surface area contributed by atoms with Crippen molar-refractivity contribution < 1.29 is 0 Å². The first kappa shape index (κ1) is 16.0. The van der Waals surface area contributed by atoms with Crippen LogP contribution < -0.4 is 5.32 Å². The number of para-hydroxylation sites is 2. The first-order valence-electron chi connectivity index (χ1n) is 8.17. The number of unbranched alkanes of at least 4 members (excludes halogenated alkanes) is 1. The topological polar surface area (TPSA) is 29.9 Å². The van der Waals surface area contributed by atoms with Gasteiger partial charge < -0.3 is 9.88 Å². The third kappa shape index (κ3) is 3.92. The first-order chi connectivity index (χ1) is 11.3. The Morgan fingerprint density at radius 2 is 1.83 bits per heavy atom. The molecule has 0 aliphatic rings. The maximum atomic E-state index is 5.92. The van der Waals surface area contributed by atoms with E-state index in [0.29, 0.717) is 0 Å². The average molecular weight is 328 g/mol. The van der Waals surface area contributed by atoms with Crippen molar-refractivity contribution >= 4 is 22.6 Å². The molecular weight excluding hydrogens is 306 g/mol. The van der Waals surface area contributed by atoms with Crippen molar-refractivity contribution in [3.05, 3.63) is 64.9 Å². The van der Waals surface area contributed by atoms with Crippen LogP contribution in [-0.4, -0.2) is 9.55 Å². The fourth-order valence-electron chi connectivity index (χ4n) is 2.75. The SMILES string of the molecule is CCCCn1c(CNCc2ccc(Cl)cc2)nc2ccccc21. The predicted octanol–water partition coefficient (Wildman–Crippen LogP) is 4.78. The largest absolute Gasteiger partial charge is 0.327 e. The average Bonchev–Trinajstić information content (AvgIpc) is 2.92. The summed E-state index contributed by atoms with van der Waals surface area (Å²) in [6, 6.07) is 16.3. The van der Waals surface area contributed by atoms with Crippen molar-refractivity contribution in [2.75, 3.05) is 0 Å². The third-order valence-corrected chi connectivity index (χ3v) is 4.25. The van der Waals surface area contributed by atoms with Gasteiger partial charge in [-0.15, -0.1) is 0 Å². The van der Waals surface area contributed by atoms with Crippen molar-refractivity contribution in [1.29, 1.82) is 0 Å². The lowest BCUT2D eigenvalue weighted by Crippen LogP contribution is -2.17. The van der Waals surface area contributed by atoms with Crippen LogP contribution in [0.1, 0.15) is 31.2 Å². The summed E-state index contributed by atoms with van der Waals surface area (Å²) in [5.41, 5.74) is 3.53. The molecule has 1 N–H and O–H groups in total. The highest BCUT2D eigenvalue weighted by Crippen LogP contribution is 2.17. The lowest BCUT2D eigenvalue weighted by molar-refractivity contribution is 0.580. The molecule has 0 amide bonds. The first-order valence-corrected chi connectivity index (χ1v) is 8.55. The zero-order valence-electron chi connectivity index (χ0n) is 13.4. The molecule has 0 radical (unpaired) electrons. The Kier molecular flexibility index (Phi) is 5.31. The van der Waals surface area contributed by atoms with Gasteiger partial charge in [-0.05, 0) is 36.2 Å². The van der Waals surface area contributed by atoms with Crippen molar-refractivity contribution in [3.63, 3.8) is 0 Å².